The highest BCUT2D eigenvalue weighted by Crippen LogP contribution is 2.30. The van der Waals surface area contributed by atoms with Gasteiger partial charge in [-0.3, -0.25) is 0 Å². The van der Waals surface area contributed by atoms with Gasteiger partial charge in [-0.2, -0.15) is 0 Å². The first-order valence-corrected chi connectivity index (χ1v) is 9.51. The first-order chi connectivity index (χ1) is 11.4. The van der Waals surface area contributed by atoms with Crippen LogP contribution in [0.5, 0.6) is 0 Å². The Morgan fingerprint density at radius 1 is 0.958 bits per heavy atom. The number of nitrogens with two attached hydrogens (primary N) is 1. The van der Waals surface area contributed by atoms with Gasteiger partial charge in [-0.25, -0.2) is 8.42 Å². The zero-order chi connectivity index (χ0) is 17.3. The summed E-state index contributed by atoms with van der Waals surface area (Å²) in [6.45, 7) is 5.74. The highest BCUT2D eigenvalue weighted by Gasteiger charge is 2.22. The van der Waals surface area contributed by atoms with Crippen molar-refractivity contribution < 1.29 is 8.42 Å². The standard InChI is InChI=1S/C18H23N3O2S/c1-14-3-6-16(7-4-14)24(22,23)18-8-5-15(13-17(18)19)21-11-9-20(2)10-12-21/h3-8,13H,9-12,19H2,1-2H3. The molecular weight excluding hydrogens is 322 g/mol. The Labute approximate surface area is 143 Å². The zero-order valence-electron chi connectivity index (χ0n) is 14.1. The predicted octanol–water partition coefficient (Wildman–Crippen LogP) is 2.16. The van der Waals surface area contributed by atoms with E-state index in [0.717, 1.165) is 37.4 Å². The second-order valence-electron chi connectivity index (χ2n) is 6.33. The monoisotopic (exact) mass is 345 g/mol. The summed E-state index contributed by atoms with van der Waals surface area (Å²) >= 11 is 0. The lowest BCUT2D eigenvalue weighted by Crippen LogP contribution is -2.44. The van der Waals surface area contributed by atoms with Crippen molar-refractivity contribution in [3.8, 4) is 0 Å². The Morgan fingerprint density at radius 3 is 2.17 bits per heavy atom. The smallest absolute Gasteiger partial charge is 0.208 e. The molecule has 2 aromatic carbocycles. The molecular formula is C18H23N3O2S. The van der Waals surface area contributed by atoms with Crippen LogP contribution in [-0.4, -0.2) is 46.5 Å². The third kappa shape index (κ3) is 3.25. The van der Waals surface area contributed by atoms with E-state index in [2.05, 4.69) is 16.8 Å². The Kier molecular flexibility index (Phi) is 4.51. The van der Waals surface area contributed by atoms with Gasteiger partial charge in [-0.15, -0.1) is 0 Å². The third-order valence-electron chi connectivity index (χ3n) is 4.48. The minimum absolute atomic E-state index is 0.171. The summed E-state index contributed by atoms with van der Waals surface area (Å²) < 4.78 is 25.6. The van der Waals surface area contributed by atoms with Gasteiger partial charge in [0.1, 0.15) is 0 Å². The lowest BCUT2D eigenvalue weighted by molar-refractivity contribution is 0.313. The van der Waals surface area contributed by atoms with Gasteiger partial charge in [0.25, 0.3) is 0 Å². The maximum absolute atomic E-state index is 12.8. The van der Waals surface area contributed by atoms with E-state index in [-0.39, 0.29) is 9.79 Å². The molecule has 1 heterocycles. The number of nitrogen functional groups attached to an aromatic ring is 1. The molecule has 0 saturated carbocycles. The van der Waals surface area contributed by atoms with E-state index in [0.29, 0.717) is 5.69 Å². The van der Waals surface area contributed by atoms with Crippen molar-refractivity contribution in [2.24, 2.45) is 0 Å². The number of piperazine rings is 1. The van der Waals surface area contributed by atoms with Gasteiger partial charge in [0.05, 0.1) is 15.5 Å². The van der Waals surface area contributed by atoms with Gasteiger partial charge < -0.3 is 15.5 Å². The van der Waals surface area contributed by atoms with Gasteiger partial charge in [-0.1, -0.05) is 17.7 Å². The normalized spacial score (nSPS) is 16.3. The molecule has 1 aliphatic rings. The maximum atomic E-state index is 12.8. The number of sulfone groups is 1. The van der Waals surface area contributed by atoms with Gasteiger partial charge in [0.15, 0.2) is 0 Å². The number of benzene rings is 2. The minimum Gasteiger partial charge on any atom is -0.398 e. The van der Waals surface area contributed by atoms with Crippen LogP contribution in [0, 0.1) is 6.92 Å². The molecule has 5 nitrogen and oxygen atoms in total. The second-order valence-corrected chi connectivity index (χ2v) is 8.25. The average Bonchev–Trinajstić information content (AvgIpc) is 2.55. The Hall–Kier alpha value is -2.05. The summed E-state index contributed by atoms with van der Waals surface area (Å²) in [5.74, 6) is 0. The van der Waals surface area contributed by atoms with Gasteiger partial charge in [0, 0.05) is 31.9 Å². The second kappa shape index (κ2) is 6.45. The van der Waals surface area contributed by atoms with Crippen LogP contribution in [-0.2, 0) is 9.84 Å². The molecule has 0 atom stereocenters. The molecule has 0 spiro atoms. The molecule has 0 unspecified atom stereocenters. The molecule has 2 aromatic rings. The molecule has 3 rings (SSSR count). The van der Waals surface area contributed by atoms with Gasteiger partial charge >= 0.3 is 0 Å². The number of rotatable bonds is 3. The zero-order valence-corrected chi connectivity index (χ0v) is 14.9. The average molecular weight is 345 g/mol. The quantitative estimate of drug-likeness (QED) is 0.864. The van der Waals surface area contributed by atoms with Crippen molar-refractivity contribution in [1.82, 2.24) is 4.90 Å². The Morgan fingerprint density at radius 2 is 1.58 bits per heavy atom. The summed E-state index contributed by atoms with van der Waals surface area (Å²) in [5.41, 5.74) is 8.39. The van der Waals surface area contributed by atoms with Crippen LogP contribution in [0.2, 0.25) is 0 Å². The Balaban J connectivity index is 1.91. The van der Waals surface area contributed by atoms with Crippen molar-refractivity contribution in [3.63, 3.8) is 0 Å². The fourth-order valence-electron chi connectivity index (χ4n) is 2.89. The summed E-state index contributed by atoms with van der Waals surface area (Å²) in [6.07, 6.45) is 0. The third-order valence-corrected chi connectivity index (χ3v) is 6.33. The first-order valence-electron chi connectivity index (χ1n) is 8.03. The largest absolute Gasteiger partial charge is 0.398 e. The van der Waals surface area contributed by atoms with Crippen LogP contribution in [0.3, 0.4) is 0 Å². The fourth-order valence-corrected chi connectivity index (χ4v) is 4.25. The predicted molar refractivity (Wildman–Crippen MR) is 97.2 cm³/mol. The molecule has 24 heavy (non-hydrogen) atoms. The maximum Gasteiger partial charge on any atom is 0.208 e. The van der Waals surface area contributed by atoms with Gasteiger partial charge in [-0.05, 0) is 44.3 Å². The van der Waals surface area contributed by atoms with Crippen LogP contribution in [0.15, 0.2) is 52.3 Å². The number of aryl methyl sites for hydroxylation is 1. The summed E-state index contributed by atoms with van der Waals surface area (Å²) in [7, 11) is -1.49. The first kappa shape index (κ1) is 16.8. The number of hydrogen-bond acceptors (Lipinski definition) is 5. The number of hydrogen-bond donors (Lipinski definition) is 1. The molecule has 0 aromatic heterocycles. The molecule has 0 bridgehead atoms. The highest BCUT2D eigenvalue weighted by atomic mass is 32.2. The molecule has 6 heteroatoms. The summed E-state index contributed by atoms with van der Waals surface area (Å²) in [5, 5.41) is 0. The molecule has 1 fully saturated rings. The van der Waals surface area contributed by atoms with E-state index >= 15 is 0 Å². The topological polar surface area (TPSA) is 66.6 Å². The van der Waals surface area contributed by atoms with E-state index in [1.807, 2.05) is 13.0 Å². The van der Waals surface area contributed by atoms with Crippen molar-refractivity contribution in [3.05, 3.63) is 48.0 Å². The summed E-state index contributed by atoms with van der Waals surface area (Å²) in [4.78, 5) is 4.95. The van der Waals surface area contributed by atoms with Crippen molar-refractivity contribution in [2.45, 2.75) is 16.7 Å². The molecule has 0 radical (unpaired) electrons. The Bertz CT molecular complexity index is 824. The van der Waals surface area contributed by atoms with Gasteiger partial charge in [0.2, 0.25) is 9.84 Å². The van der Waals surface area contributed by atoms with Crippen molar-refractivity contribution in [2.75, 3.05) is 43.9 Å². The lowest BCUT2D eigenvalue weighted by Gasteiger charge is -2.34. The van der Waals surface area contributed by atoms with Crippen LogP contribution in [0.1, 0.15) is 5.56 Å². The van der Waals surface area contributed by atoms with E-state index in [9.17, 15) is 8.42 Å². The molecule has 0 aliphatic carbocycles. The number of likely N-dealkylation sites (N-methyl/N-ethyl adjacent to an activating group) is 1. The minimum atomic E-state index is -3.59. The van der Waals surface area contributed by atoms with Crippen molar-refractivity contribution in [1.29, 1.82) is 0 Å². The fraction of sp³-hybridized carbons (Fsp3) is 0.333. The van der Waals surface area contributed by atoms with Crippen molar-refractivity contribution >= 4 is 21.2 Å². The lowest BCUT2D eigenvalue weighted by atomic mass is 10.2. The molecule has 0 amide bonds. The molecule has 2 N–H and O–H groups in total. The van der Waals surface area contributed by atoms with Crippen LogP contribution in [0.25, 0.3) is 0 Å². The van der Waals surface area contributed by atoms with E-state index in [1.165, 1.54) is 0 Å². The van der Waals surface area contributed by atoms with Crippen LogP contribution in [0.4, 0.5) is 11.4 Å². The van der Waals surface area contributed by atoms with E-state index in [4.69, 9.17) is 5.73 Å². The van der Waals surface area contributed by atoms with E-state index < -0.39 is 9.84 Å². The molecule has 1 aliphatic heterocycles. The summed E-state index contributed by atoms with van der Waals surface area (Å²) in [6, 6.07) is 12.1. The SMILES string of the molecule is Cc1ccc(S(=O)(=O)c2ccc(N3CCN(C)CC3)cc2N)cc1. The molecule has 1 saturated heterocycles. The highest BCUT2D eigenvalue weighted by molar-refractivity contribution is 7.91. The molecule has 128 valence electrons. The number of anilines is 2. The van der Waals surface area contributed by atoms with Crippen LogP contribution < -0.4 is 10.6 Å². The van der Waals surface area contributed by atoms with E-state index in [1.54, 1.807) is 36.4 Å². The van der Waals surface area contributed by atoms with Crippen LogP contribution >= 0.6 is 0 Å². The number of nitrogens with zero attached hydrogens (tertiary/aromatic N) is 2.